The average Bonchev–Trinajstić information content (AvgIpc) is 3.22. The van der Waals surface area contributed by atoms with Gasteiger partial charge in [0.2, 0.25) is 5.91 Å². The summed E-state index contributed by atoms with van der Waals surface area (Å²) in [5.41, 5.74) is 3.08. The summed E-state index contributed by atoms with van der Waals surface area (Å²) < 4.78 is 13.6. The van der Waals surface area contributed by atoms with Crippen molar-refractivity contribution in [3.05, 3.63) is 30.1 Å². The molecule has 2 aliphatic rings. The maximum absolute atomic E-state index is 12.6. The van der Waals surface area contributed by atoms with Crippen LogP contribution < -0.4 is 0 Å². The molecular weight excluding hydrogens is 318 g/mol. The number of piperidine rings is 1. The van der Waals surface area contributed by atoms with Crippen molar-refractivity contribution in [2.75, 3.05) is 26.3 Å². The summed E-state index contributed by atoms with van der Waals surface area (Å²) in [6, 6.07) is 6.50. The molecule has 134 valence electrons. The Morgan fingerprint density at radius 2 is 1.96 bits per heavy atom. The molecule has 0 bridgehead atoms. The summed E-state index contributed by atoms with van der Waals surface area (Å²) in [6.45, 7) is 7.00. The third kappa shape index (κ3) is 3.16. The van der Waals surface area contributed by atoms with Gasteiger partial charge in [0, 0.05) is 32.0 Å². The molecule has 0 unspecified atom stereocenters. The second-order valence-corrected chi connectivity index (χ2v) is 7.23. The number of nitrogens with zero attached hydrogens (tertiary/aromatic N) is 3. The van der Waals surface area contributed by atoms with Gasteiger partial charge in [-0.25, -0.2) is 4.98 Å². The minimum atomic E-state index is -0.431. The van der Waals surface area contributed by atoms with Crippen LogP contribution in [0.4, 0.5) is 0 Å². The van der Waals surface area contributed by atoms with Crippen molar-refractivity contribution < 1.29 is 14.3 Å². The Morgan fingerprint density at radius 1 is 1.24 bits per heavy atom. The molecule has 1 aromatic heterocycles. The highest BCUT2D eigenvalue weighted by atomic mass is 16.7. The largest absolute Gasteiger partial charge is 0.347 e. The number of ether oxygens (including phenoxy) is 2. The standard InChI is InChI=1S/C19H25N3O3/c1-14(2)22-13-20-16-11-15(3-4-17(16)22)12-18(23)21-7-5-19(6-8-21)24-9-10-25-19/h3-4,11,13-14H,5-10,12H2,1-2H3. The minimum absolute atomic E-state index is 0.162. The number of rotatable bonds is 3. The summed E-state index contributed by atoms with van der Waals surface area (Å²) in [5, 5.41) is 0. The number of amides is 1. The van der Waals surface area contributed by atoms with Crippen LogP contribution in [0.1, 0.15) is 38.3 Å². The second-order valence-electron chi connectivity index (χ2n) is 7.23. The Balaban J connectivity index is 1.42. The van der Waals surface area contributed by atoms with Crippen molar-refractivity contribution in [1.82, 2.24) is 14.5 Å². The number of carbonyl (C=O) groups excluding carboxylic acids is 1. The van der Waals surface area contributed by atoms with Crippen molar-refractivity contribution in [2.24, 2.45) is 0 Å². The van der Waals surface area contributed by atoms with E-state index in [2.05, 4.69) is 29.5 Å². The van der Waals surface area contributed by atoms with Gasteiger partial charge in [0.05, 0.1) is 37.0 Å². The van der Waals surface area contributed by atoms with Crippen LogP contribution in [0.15, 0.2) is 24.5 Å². The zero-order valence-electron chi connectivity index (χ0n) is 14.9. The lowest BCUT2D eigenvalue weighted by Crippen LogP contribution is -2.47. The van der Waals surface area contributed by atoms with E-state index in [9.17, 15) is 4.79 Å². The SMILES string of the molecule is CC(C)n1cnc2cc(CC(=O)N3CCC4(CC3)OCCO4)ccc21. The van der Waals surface area contributed by atoms with Gasteiger partial charge in [-0.1, -0.05) is 6.07 Å². The molecule has 0 N–H and O–H groups in total. The Morgan fingerprint density at radius 3 is 2.64 bits per heavy atom. The van der Waals surface area contributed by atoms with Crippen LogP contribution in [0.25, 0.3) is 11.0 Å². The summed E-state index contributed by atoms with van der Waals surface area (Å²) in [5.74, 6) is -0.269. The predicted octanol–water partition coefficient (Wildman–Crippen LogP) is 2.53. The molecule has 6 heteroatoms. The van der Waals surface area contributed by atoms with Crippen molar-refractivity contribution in [3.8, 4) is 0 Å². The number of hydrogen-bond donors (Lipinski definition) is 0. The van der Waals surface area contributed by atoms with Crippen LogP contribution >= 0.6 is 0 Å². The van der Waals surface area contributed by atoms with Crippen LogP contribution in [-0.4, -0.2) is 52.4 Å². The monoisotopic (exact) mass is 343 g/mol. The highest BCUT2D eigenvalue weighted by Gasteiger charge is 2.40. The van der Waals surface area contributed by atoms with Gasteiger partial charge in [0.15, 0.2) is 5.79 Å². The molecule has 3 heterocycles. The van der Waals surface area contributed by atoms with Gasteiger partial charge < -0.3 is 18.9 Å². The van der Waals surface area contributed by atoms with Crippen LogP contribution in [0.2, 0.25) is 0 Å². The third-order valence-electron chi connectivity index (χ3n) is 5.24. The molecule has 2 aromatic rings. The zero-order valence-corrected chi connectivity index (χ0v) is 14.9. The summed E-state index contributed by atoms with van der Waals surface area (Å²) in [6.07, 6.45) is 3.80. The first-order valence-corrected chi connectivity index (χ1v) is 9.07. The number of hydrogen-bond acceptors (Lipinski definition) is 4. The molecule has 0 aliphatic carbocycles. The Hall–Kier alpha value is -1.92. The molecule has 2 fully saturated rings. The normalized spacial score (nSPS) is 20.0. The third-order valence-corrected chi connectivity index (χ3v) is 5.24. The number of carbonyl (C=O) groups is 1. The summed E-state index contributed by atoms with van der Waals surface area (Å²) in [4.78, 5) is 19.0. The van der Waals surface area contributed by atoms with Crippen molar-refractivity contribution >= 4 is 16.9 Å². The minimum Gasteiger partial charge on any atom is -0.347 e. The zero-order chi connectivity index (χ0) is 17.4. The maximum Gasteiger partial charge on any atom is 0.226 e. The van der Waals surface area contributed by atoms with E-state index in [-0.39, 0.29) is 5.91 Å². The smallest absolute Gasteiger partial charge is 0.226 e. The van der Waals surface area contributed by atoms with Gasteiger partial charge >= 0.3 is 0 Å². The molecule has 1 amide bonds. The lowest BCUT2D eigenvalue weighted by atomic mass is 10.0. The van der Waals surface area contributed by atoms with Crippen molar-refractivity contribution in [1.29, 1.82) is 0 Å². The number of imidazole rings is 1. The first kappa shape index (κ1) is 16.5. The van der Waals surface area contributed by atoms with Gasteiger partial charge in [-0.05, 0) is 31.5 Å². The number of likely N-dealkylation sites (tertiary alicyclic amines) is 1. The van der Waals surface area contributed by atoms with Crippen molar-refractivity contribution in [2.45, 2.75) is 44.9 Å². The van der Waals surface area contributed by atoms with E-state index in [0.717, 1.165) is 29.4 Å². The van der Waals surface area contributed by atoms with E-state index < -0.39 is 5.79 Å². The van der Waals surface area contributed by atoms with E-state index in [4.69, 9.17) is 9.47 Å². The molecular formula is C19H25N3O3. The molecule has 4 rings (SSSR count). The molecule has 1 aromatic carbocycles. The van der Waals surface area contributed by atoms with Crippen LogP contribution in [0.5, 0.6) is 0 Å². The Bertz CT molecular complexity index is 767. The quantitative estimate of drug-likeness (QED) is 0.859. The van der Waals surface area contributed by atoms with E-state index in [1.807, 2.05) is 23.4 Å². The molecule has 1 spiro atoms. The van der Waals surface area contributed by atoms with E-state index in [0.29, 0.717) is 38.8 Å². The van der Waals surface area contributed by atoms with E-state index in [1.54, 1.807) is 0 Å². The molecule has 0 saturated carbocycles. The number of benzene rings is 1. The van der Waals surface area contributed by atoms with Gasteiger partial charge in [0.25, 0.3) is 0 Å². The van der Waals surface area contributed by atoms with E-state index >= 15 is 0 Å². The Labute approximate surface area is 147 Å². The number of fused-ring (bicyclic) bond motifs is 1. The van der Waals surface area contributed by atoms with Gasteiger partial charge in [0.1, 0.15) is 0 Å². The van der Waals surface area contributed by atoms with Crippen LogP contribution in [-0.2, 0) is 20.7 Å². The van der Waals surface area contributed by atoms with Crippen LogP contribution in [0, 0.1) is 0 Å². The lowest BCUT2D eigenvalue weighted by Gasteiger charge is -2.37. The Kier molecular flexibility index (Phi) is 4.25. The summed E-state index contributed by atoms with van der Waals surface area (Å²) >= 11 is 0. The fourth-order valence-electron chi connectivity index (χ4n) is 3.77. The second kappa shape index (κ2) is 6.42. The molecule has 2 aliphatic heterocycles. The van der Waals surface area contributed by atoms with E-state index in [1.165, 1.54) is 0 Å². The first-order chi connectivity index (χ1) is 12.1. The molecule has 0 atom stereocenters. The van der Waals surface area contributed by atoms with Crippen LogP contribution in [0.3, 0.4) is 0 Å². The average molecular weight is 343 g/mol. The van der Waals surface area contributed by atoms with Gasteiger partial charge in [-0.3, -0.25) is 4.79 Å². The fourth-order valence-corrected chi connectivity index (χ4v) is 3.77. The lowest BCUT2D eigenvalue weighted by molar-refractivity contribution is -0.187. The summed E-state index contributed by atoms with van der Waals surface area (Å²) in [7, 11) is 0. The topological polar surface area (TPSA) is 56.6 Å². The van der Waals surface area contributed by atoms with Gasteiger partial charge in [-0.15, -0.1) is 0 Å². The molecule has 6 nitrogen and oxygen atoms in total. The number of aromatic nitrogens is 2. The first-order valence-electron chi connectivity index (χ1n) is 9.07. The highest BCUT2D eigenvalue weighted by Crippen LogP contribution is 2.31. The molecule has 2 saturated heterocycles. The molecule has 0 radical (unpaired) electrons. The van der Waals surface area contributed by atoms with Crippen molar-refractivity contribution in [3.63, 3.8) is 0 Å². The van der Waals surface area contributed by atoms with Gasteiger partial charge in [-0.2, -0.15) is 0 Å². The highest BCUT2D eigenvalue weighted by molar-refractivity contribution is 5.82. The maximum atomic E-state index is 12.6. The predicted molar refractivity (Wildman–Crippen MR) is 94.3 cm³/mol. The fraction of sp³-hybridized carbons (Fsp3) is 0.579. The molecule has 25 heavy (non-hydrogen) atoms.